The zero-order valence-corrected chi connectivity index (χ0v) is 14.3. The van der Waals surface area contributed by atoms with E-state index in [0.29, 0.717) is 11.1 Å². The average molecular weight is 354 g/mol. The van der Waals surface area contributed by atoms with Crippen molar-refractivity contribution < 1.29 is 19.3 Å². The number of carbonyl (C=O) groups excluding carboxylic acids is 2. The molecule has 2 aromatic carbocycles. The highest BCUT2D eigenvalue weighted by Crippen LogP contribution is 2.11. The molecule has 0 saturated carbocycles. The van der Waals surface area contributed by atoms with Crippen molar-refractivity contribution in [2.75, 3.05) is 14.1 Å². The van der Waals surface area contributed by atoms with Crippen molar-refractivity contribution in [2.45, 2.75) is 0 Å². The van der Waals surface area contributed by atoms with Gasteiger partial charge in [-0.2, -0.15) is 0 Å². The molecule has 0 fully saturated rings. The number of carbonyl (C=O) groups is 2. The summed E-state index contributed by atoms with van der Waals surface area (Å²) in [7, 11) is 2.84. The van der Waals surface area contributed by atoms with Crippen molar-refractivity contribution in [3.63, 3.8) is 0 Å². The van der Waals surface area contributed by atoms with Crippen LogP contribution in [0.15, 0.2) is 71.0 Å². The lowest BCUT2D eigenvalue weighted by atomic mass is 10.00. The van der Waals surface area contributed by atoms with Crippen LogP contribution < -0.4 is 10.6 Å². The molecule has 0 radical (unpaired) electrons. The van der Waals surface area contributed by atoms with E-state index in [1.165, 1.54) is 14.1 Å². The van der Waals surface area contributed by atoms with Crippen LogP contribution in [-0.2, 0) is 9.68 Å². The summed E-state index contributed by atoms with van der Waals surface area (Å²) in [5.41, 5.74) is 1.70. The van der Waals surface area contributed by atoms with Gasteiger partial charge < -0.3 is 10.6 Å². The van der Waals surface area contributed by atoms with Crippen molar-refractivity contribution in [1.82, 2.24) is 10.6 Å². The highest BCUT2D eigenvalue weighted by atomic mass is 16.7. The van der Waals surface area contributed by atoms with Crippen LogP contribution in [0.1, 0.15) is 11.1 Å². The van der Waals surface area contributed by atoms with E-state index in [2.05, 4.69) is 20.9 Å². The molecule has 8 nitrogen and oxygen atoms in total. The first-order valence-corrected chi connectivity index (χ1v) is 7.70. The molecule has 0 atom stereocenters. The monoisotopic (exact) mass is 354 g/mol. The summed E-state index contributed by atoms with van der Waals surface area (Å²) in [6, 6.07) is 17.9. The van der Waals surface area contributed by atoms with Gasteiger partial charge in [0.1, 0.15) is 11.4 Å². The minimum absolute atomic E-state index is 0.226. The maximum atomic E-state index is 11.4. The van der Waals surface area contributed by atoms with Gasteiger partial charge in [-0.05, 0) is 0 Å². The summed E-state index contributed by atoms with van der Waals surface area (Å²) in [6.45, 7) is 0. The molecule has 2 amide bonds. The maximum absolute atomic E-state index is 11.4. The Morgan fingerprint density at radius 3 is 1.35 bits per heavy atom. The Bertz CT molecular complexity index is 735. The molecule has 0 spiro atoms. The number of nitrogens with one attached hydrogen (secondary N) is 2. The van der Waals surface area contributed by atoms with E-state index in [9.17, 15) is 9.59 Å². The van der Waals surface area contributed by atoms with Gasteiger partial charge in [0.2, 0.25) is 0 Å². The minimum Gasteiger partial charge on any atom is -0.323 e. The Balaban J connectivity index is 2.53. The second-order valence-electron chi connectivity index (χ2n) is 4.87. The van der Waals surface area contributed by atoms with Crippen molar-refractivity contribution in [1.29, 1.82) is 0 Å². The first-order valence-electron chi connectivity index (χ1n) is 7.70. The fourth-order valence-corrected chi connectivity index (χ4v) is 1.92. The highest BCUT2D eigenvalue weighted by molar-refractivity contribution is 6.53. The smallest absolute Gasteiger partial charge is 0.323 e. The topological polar surface area (TPSA) is 101 Å². The summed E-state index contributed by atoms with van der Waals surface area (Å²) < 4.78 is 0. The summed E-state index contributed by atoms with van der Waals surface area (Å²) in [4.78, 5) is 32.6. The molecule has 0 aliphatic heterocycles. The van der Waals surface area contributed by atoms with E-state index in [1.807, 2.05) is 12.1 Å². The molecule has 2 rings (SSSR count). The van der Waals surface area contributed by atoms with Gasteiger partial charge >= 0.3 is 12.2 Å². The molecule has 0 saturated heterocycles. The molecular formula is C18H18N4O4. The van der Waals surface area contributed by atoms with Gasteiger partial charge in [-0.1, -0.05) is 71.0 Å². The zero-order chi connectivity index (χ0) is 18.8. The Hall–Kier alpha value is -3.68. The predicted octanol–water partition coefficient (Wildman–Crippen LogP) is 2.51. The SMILES string of the molecule is CNC(=O)O/N=C(\C(=N\OC(=O)NC)c1ccccc1)c1ccccc1. The summed E-state index contributed by atoms with van der Waals surface area (Å²) in [5.74, 6) is 0. The van der Waals surface area contributed by atoms with Crippen molar-refractivity contribution in [3.8, 4) is 0 Å². The summed E-state index contributed by atoms with van der Waals surface area (Å²) >= 11 is 0. The molecule has 0 unspecified atom stereocenters. The molecule has 26 heavy (non-hydrogen) atoms. The average Bonchev–Trinajstić information content (AvgIpc) is 2.71. The highest BCUT2D eigenvalue weighted by Gasteiger charge is 2.18. The van der Waals surface area contributed by atoms with E-state index in [0.717, 1.165) is 0 Å². The van der Waals surface area contributed by atoms with Crippen LogP contribution in [-0.4, -0.2) is 37.7 Å². The first-order chi connectivity index (χ1) is 12.7. The minimum atomic E-state index is -0.738. The van der Waals surface area contributed by atoms with Crippen LogP contribution >= 0.6 is 0 Å². The van der Waals surface area contributed by atoms with Gasteiger partial charge in [0.15, 0.2) is 0 Å². The molecule has 0 aliphatic rings. The van der Waals surface area contributed by atoms with Gasteiger partial charge in [-0.15, -0.1) is 0 Å². The van der Waals surface area contributed by atoms with Crippen molar-refractivity contribution >= 4 is 23.6 Å². The molecular weight excluding hydrogens is 336 g/mol. The molecule has 2 N–H and O–H groups in total. The third-order valence-corrected chi connectivity index (χ3v) is 3.17. The third-order valence-electron chi connectivity index (χ3n) is 3.17. The normalized spacial score (nSPS) is 11.5. The maximum Gasteiger partial charge on any atom is 0.433 e. The molecule has 8 heteroatoms. The molecule has 0 aromatic heterocycles. The van der Waals surface area contributed by atoms with Gasteiger partial charge in [-0.3, -0.25) is 9.68 Å². The predicted molar refractivity (Wildman–Crippen MR) is 97.0 cm³/mol. The van der Waals surface area contributed by atoms with E-state index < -0.39 is 12.2 Å². The van der Waals surface area contributed by atoms with Gasteiger partial charge in [0, 0.05) is 25.2 Å². The largest absolute Gasteiger partial charge is 0.433 e. The molecule has 0 aliphatic carbocycles. The van der Waals surface area contributed by atoms with Crippen LogP contribution in [0.5, 0.6) is 0 Å². The Morgan fingerprint density at radius 2 is 1.04 bits per heavy atom. The Morgan fingerprint density at radius 1 is 0.692 bits per heavy atom. The number of amides is 2. The van der Waals surface area contributed by atoms with E-state index in [-0.39, 0.29) is 11.4 Å². The zero-order valence-electron chi connectivity index (χ0n) is 14.3. The number of hydrogen-bond acceptors (Lipinski definition) is 6. The fourth-order valence-electron chi connectivity index (χ4n) is 1.92. The summed E-state index contributed by atoms with van der Waals surface area (Å²) in [5, 5.41) is 12.4. The van der Waals surface area contributed by atoms with Crippen LogP contribution in [0.3, 0.4) is 0 Å². The lowest BCUT2D eigenvalue weighted by Gasteiger charge is -2.10. The lowest BCUT2D eigenvalue weighted by molar-refractivity contribution is 0.151. The number of rotatable bonds is 5. The Kier molecular flexibility index (Phi) is 6.87. The van der Waals surface area contributed by atoms with Crippen LogP contribution in [0.2, 0.25) is 0 Å². The van der Waals surface area contributed by atoms with Crippen LogP contribution in [0.25, 0.3) is 0 Å². The van der Waals surface area contributed by atoms with E-state index in [1.54, 1.807) is 48.5 Å². The second kappa shape index (κ2) is 9.58. The van der Waals surface area contributed by atoms with Crippen molar-refractivity contribution in [2.24, 2.45) is 10.3 Å². The standard InChI is InChI=1S/C18H18N4O4/c1-19-17(23)25-21-15(13-9-5-3-6-10-13)16(22-26-18(24)20-2)14-11-7-4-8-12-14/h3-12H,1-2H3,(H,19,23)(H,20,24)/b21-15-,22-16+. The Labute approximate surface area is 150 Å². The number of benzene rings is 2. The number of oxime groups is 2. The second-order valence-corrected chi connectivity index (χ2v) is 4.87. The fraction of sp³-hybridized carbons (Fsp3) is 0.111. The third kappa shape index (κ3) is 5.17. The van der Waals surface area contributed by atoms with Gasteiger partial charge in [0.25, 0.3) is 0 Å². The number of hydrogen-bond donors (Lipinski definition) is 2. The molecule has 2 aromatic rings. The van der Waals surface area contributed by atoms with Gasteiger partial charge in [-0.25, -0.2) is 9.59 Å². The summed E-state index contributed by atoms with van der Waals surface area (Å²) in [6.07, 6.45) is -1.48. The molecule has 0 bridgehead atoms. The van der Waals surface area contributed by atoms with Gasteiger partial charge in [0.05, 0.1) is 0 Å². The lowest BCUT2D eigenvalue weighted by Crippen LogP contribution is -2.23. The van der Waals surface area contributed by atoms with E-state index in [4.69, 9.17) is 9.68 Å². The number of nitrogens with zero attached hydrogens (tertiary/aromatic N) is 2. The van der Waals surface area contributed by atoms with Crippen LogP contribution in [0, 0.1) is 0 Å². The first kappa shape index (κ1) is 18.7. The quantitative estimate of drug-likeness (QED) is 0.489. The van der Waals surface area contributed by atoms with E-state index >= 15 is 0 Å². The molecule has 134 valence electrons. The van der Waals surface area contributed by atoms with Crippen LogP contribution in [0.4, 0.5) is 9.59 Å². The molecule has 0 heterocycles. The van der Waals surface area contributed by atoms with Crippen molar-refractivity contribution in [3.05, 3.63) is 71.8 Å².